The second-order valence-electron chi connectivity index (χ2n) is 5.76. The van der Waals surface area contributed by atoms with Crippen molar-refractivity contribution < 1.29 is 14.0 Å². The molecule has 2 aromatic rings. The lowest BCUT2D eigenvalue weighted by Crippen LogP contribution is -2.40. The van der Waals surface area contributed by atoms with Gasteiger partial charge in [0.25, 0.3) is 5.91 Å². The summed E-state index contributed by atoms with van der Waals surface area (Å²) >= 11 is 0. The van der Waals surface area contributed by atoms with E-state index in [0.29, 0.717) is 18.8 Å². The molecule has 24 heavy (non-hydrogen) atoms. The van der Waals surface area contributed by atoms with E-state index in [2.05, 4.69) is 15.5 Å². The van der Waals surface area contributed by atoms with E-state index in [1.165, 1.54) is 12.1 Å². The number of nitrogens with one attached hydrogen (secondary N) is 1. The average Bonchev–Trinajstić information content (AvgIpc) is 3.14. The summed E-state index contributed by atoms with van der Waals surface area (Å²) in [4.78, 5) is 21.7. The van der Waals surface area contributed by atoms with Crippen LogP contribution in [0.4, 0.5) is 4.39 Å². The van der Waals surface area contributed by atoms with Gasteiger partial charge >= 0.3 is 0 Å². The molecule has 0 aliphatic carbocycles. The lowest BCUT2D eigenvalue weighted by molar-refractivity contribution is -0.132. The molecule has 3 rings (SSSR count). The molecule has 1 aromatic heterocycles. The fourth-order valence-electron chi connectivity index (χ4n) is 2.68. The van der Waals surface area contributed by atoms with Gasteiger partial charge in [0.15, 0.2) is 0 Å². The van der Waals surface area contributed by atoms with Gasteiger partial charge in [0, 0.05) is 25.5 Å². The number of halogens is 1. The van der Waals surface area contributed by atoms with Gasteiger partial charge in [-0.3, -0.25) is 4.79 Å². The normalized spacial score (nSPS) is 19.7. The highest BCUT2D eigenvalue weighted by molar-refractivity contribution is 6.05. The molecule has 7 heteroatoms. The van der Waals surface area contributed by atoms with Gasteiger partial charge in [0.2, 0.25) is 6.10 Å². The molecule has 0 radical (unpaired) electrons. The lowest BCUT2D eigenvalue weighted by Gasteiger charge is -2.15. The number of imidazole rings is 1. The van der Waals surface area contributed by atoms with E-state index in [9.17, 15) is 9.18 Å². The Morgan fingerprint density at radius 1 is 1.38 bits per heavy atom. The number of oxime groups is 1. The van der Waals surface area contributed by atoms with Crippen LogP contribution in [-0.2, 0) is 16.2 Å². The molecule has 2 atom stereocenters. The smallest absolute Gasteiger partial charge is 0.264 e. The van der Waals surface area contributed by atoms with Crippen molar-refractivity contribution in [3.8, 4) is 0 Å². The highest BCUT2D eigenvalue weighted by Gasteiger charge is 2.36. The molecule has 1 amide bonds. The minimum Gasteiger partial charge on any atom is -0.381 e. The first-order chi connectivity index (χ1) is 11.6. The largest absolute Gasteiger partial charge is 0.381 e. The van der Waals surface area contributed by atoms with Crippen LogP contribution < -0.4 is 5.32 Å². The van der Waals surface area contributed by atoms with Crippen molar-refractivity contribution in [1.82, 2.24) is 14.9 Å². The Hall–Kier alpha value is -2.70. The number of nitrogens with zero attached hydrogens (tertiary/aromatic N) is 3. The number of benzene rings is 1. The number of rotatable bonds is 5. The van der Waals surface area contributed by atoms with Gasteiger partial charge in [-0.1, -0.05) is 24.2 Å². The molecular formula is C17H19FN4O2. The maximum atomic E-state index is 13.0. The maximum absolute atomic E-state index is 13.0. The Labute approximate surface area is 139 Å². The van der Waals surface area contributed by atoms with Gasteiger partial charge in [-0.05, 0) is 24.6 Å². The third kappa shape index (κ3) is 3.29. The van der Waals surface area contributed by atoms with Crippen LogP contribution in [0.25, 0.3) is 0 Å². The summed E-state index contributed by atoms with van der Waals surface area (Å²) in [5.74, 6) is 0.179. The molecule has 0 bridgehead atoms. The van der Waals surface area contributed by atoms with Gasteiger partial charge in [-0.25, -0.2) is 9.37 Å². The summed E-state index contributed by atoms with van der Waals surface area (Å²) in [6.07, 6.45) is 2.92. The monoisotopic (exact) mass is 330 g/mol. The molecule has 0 unspecified atom stereocenters. The van der Waals surface area contributed by atoms with Crippen molar-refractivity contribution in [1.29, 1.82) is 0 Å². The highest BCUT2D eigenvalue weighted by atomic mass is 19.1. The second kappa shape index (κ2) is 6.82. The molecule has 126 valence electrons. The van der Waals surface area contributed by atoms with Crippen LogP contribution in [0.3, 0.4) is 0 Å². The second-order valence-corrected chi connectivity index (χ2v) is 5.76. The van der Waals surface area contributed by atoms with Crippen LogP contribution in [0, 0.1) is 18.7 Å². The Kier molecular flexibility index (Phi) is 4.59. The van der Waals surface area contributed by atoms with Gasteiger partial charge in [0.05, 0.1) is 11.6 Å². The number of hydrogen-bond donors (Lipinski definition) is 1. The SMILES string of the molecule is Cc1nccn1CCNC(=O)[C@H]1ON=C(c2ccc(F)cc2)[C@H]1C. The predicted molar refractivity (Wildman–Crippen MR) is 86.9 cm³/mol. The summed E-state index contributed by atoms with van der Waals surface area (Å²) in [6, 6.07) is 6.00. The van der Waals surface area contributed by atoms with Crippen LogP contribution in [0.2, 0.25) is 0 Å². The molecule has 0 saturated carbocycles. The van der Waals surface area contributed by atoms with Crippen LogP contribution in [0.1, 0.15) is 18.3 Å². The standard InChI is InChI=1S/C17H19FN4O2/c1-11-15(13-3-5-14(18)6-4-13)21-24-16(11)17(23)20-8-10-22-9-7-19-12(22)2/h3-7,9,11,16H,8,10H2,1-2H3,(H,20,23)/t11-,16+/m1/s1. The van der Waals surface area contributed by atoms with Gasteiger partial charge < -0.3 is 14.7 Å². The molecule has 0 spiro atoms. The van der Waals surface area contributed by atoms with E-state index < -0.39 is 6.10 Å². The van der Waals surface area contributed by atoms with Crippen molar-refractivity contribution in [3.05, 3.63) is 53.9 Å². The molecule has 0 fully saturated rings. The zero-order chi connectivity index (χ0) is 17.1. The molecule has 0 saturated heterocycles. The quantitative estimate of drug-likeness (QED) is 0.910. The third-order valence-corrected chi connectivity index (χ3v) is 4.12. The van der Waals surface area contributed by atoms with Gasteiger partial charge in [-0.15, -0.1) is 0 Å². The predicted octanol–water partition coefficient (Wildman–Crippen LogP) is 1.89. The number of carbonyl (C=O) groups is 1. The van der Waals surface area contributed by atoms with Crippen LogP contribution >= 0.6 is 0 Å². The summed E-state index contributed by atoms with van der Waals surface area (Å²) in [6.45, 7) is 4.91. The van der Waals surface area contributed by atoms with Gasteiger partial charge in [0.1, 0.15) is 11.6 Å². The highest BCUT2D eigenvalue weighted by Crippen LogP contribution is 2.23. The van der Waals surface area contributed by atoms with Crippen molar-refractivity contribution >= 4 is 11.6 Å². The van der Waals surface area contributed by atoms with Crippen LogP contribution in [0.15, 0.2) is 41.8 Å². The fraction of sp³-hybridized carbons (Fsp3) is 0.353. The molecule has 1 aliphatic heterocycles. The van der Waals surface area contributed by atoms with E-state index in [1.807, 2.05) is 24.6 Å². The third-order valence-electron chi connectivity index (χ3n) is 4.12. The summed E-state index contributed by atoms with van der Waals surface area (Å²) in [5.41, 5.74) is 1.41. The average molecular weight is 330 g/mol. The zero-order valence-electron chi connectivity index (χ0n) is 13.6. The van der Waals surface area contributed by atoms with Crippen molar-refractivity contribution in [2.24, 2.45) is 11.1 Å². The first kappa shape index (κ1) is 16.2. The molecule has 1 N–H and O–H groups in total. The van der Waals surface area contributed by atoms with Gasteiger partial charge in [-0.2, -0.15) is 0 Å². The molecular weight excluding hydrogens is 311 g/mol. The van der Waals surface area contributed by atoms with E-state index in [0.717, 1.165) is 11.4 Å². The number of aryl methyl sites for hydroxylation is 1. The Morgan fingerprint density at radius 3 is 2.79 bits per heavy atom. The molecule has 2 heterocycles. The first-order valence-corrected chi connectivity index (χ1v) is 7.81. The Balaban J connectivity index is 1.55. The number of aromatic nitrogens is 2. The van der Waals surface area contributed by atoms with Crippen molar-refractivity contribution in [2.75, 3.05) is 6.54 Å². The topological polar surface area (TPSA) is 68.5 Å². The maximum Gasteiger partial charge on any atom is 0.264 e. The van der Waals surface area contributed by atoms with E-state index in [-0.39, 0.29) is 17.6 Å². The number of carbonyl (C=O) groups excluding carboxylic acids is 1. The van der Waals surface area contributed by atoms with Crippen LogP contribution in [-0.4, -0.2) is 33.8 Å². The number of hydrogen-bond acceptors (Lipinski definition) is 4. The summed E-state index contributed by atoms with van der Waals surface area (Å²) in [7, 11) is 0. The summed E-state index contributed by atoms with van der Waals surface area (Å²) < 4.78 is 15.0. The zero-order valence-corrected chi connectivity index (χ0v) is 13.6. The Morgan fingerprint density at radius 2 is 2.12 bits per heavy atom. The van der Waals surface area contributed by atoms with E-state index in [4.69, 9.17) is 4.84 Å². The summed E-state index contributed by atoms with van der Waals surface area (Å²) in [5, 5.41) is 6.87. The van der Waals surface area contributed by atoms with Crippen LogP contribution in [0.5, 0.6) is 0 Å². The Bertz CT molecular complexity index is 754. The van der Waals surface area contributed by atoms with Crippen molar-refractivity contribution in [2.45, 2.75) is 26.5 Å². The van der Waals surface area contributed by atoms with Crippen molar-refractivity contribution in [3.63, 3.8) is 0 Å². The lowest BCUT2D eigenvalue weighted by atomic mass is 9.94. The molecule has 6 nitrogen and oxygen atoms in total. The fourth-order valence-corrected chi connectivity index (χ4v) is 2.68. The number of amides is 1. The van der Waals surface area contributed by atoms with E-state index in [1.54, 1.807) is 18.3 Å². The minimum atomic E-state index is -0.672. The molecule has 1 aliphatic rings. The van der Waals surface area contributed by atoms with E-state index >= 15 is 0 Å². The minimum absolute atomic E-state index is 0.203. The first-order valence-electron chi connectivity index (χ1n) is 7.81. The molecule has 1 aromatic carbocycles.